The lowest BCUT2D eigenvalue weighted by Crippen LogP contribution is -2.52. The molecule has 208 valence electrons. The lowest BCUT2D eigenvalue weighted by Gasteiger charge is -2.33. The molecule has 0 aliphatic rings. The molecule has 3 aromatic rings. The highest BCUT2D eigenvalue weighted by molar-refractivity contribution is 7.92. The summed E-state index contributed by atoms with van der Waals surface area (Å²) in [6, 6.07) is 19.5. The number of nitrogens with one attached hydrogen (secondary N) is 1. The Morgan fingerprint density at radius 3 is 2.21 bits per heavy atom. The minimum Gasteiger partial charge on any atom is -0.354 e. The van der Waals surface area contributed by atoms with E-state index in [0.717, 1.165) is 27.6 Å². The first kappa shape index (κ1) is 29.8. The fourth-order valence-corrected chi connectivity index (χ4v) is 5.64. The molecule has 0 spiro atoms. The lowest BCUT2D eigenvalue weighted by atomic mass is 10.1. The number of carbonyl (C=O) groups excluding carboxylic acids is 2. The van der Waals surface area contributed by atoms with Gasteiger partial charge in [-0.15, -0.1) is 0 Å². The highest BCUT2D eigenvalue weighted by Crippen LogP contribution is 2.25. The van der Waals surface area contributed by atoms with Gasteiger partial charge in [-0.3, -0.25) is 13.9 Å². The molecule has 0 aliphatic heterocycles. The smallest absolute Gasteiger partial charge is 0.264 e. The van der Waals surface area contributed by atoms with Crippen molar-refractivity contribution >= 4 is 27.5 Å². The van der Waals surface area contributed by atoms with E-state index in [-0.39, 0.29) is 29.0 Å². The lowest BCUT2D eigenvalue weighted by molar-refractivity contribution is -0.140. The van der Waals surface area contributed by atoms with E-state index in [1.165, 1.54) is 29.2 Å². The van der Waals surface area contributed by atoms with Crippen molar-refractivity contribution in [1.82, 2.24) is 10.2 Å². The fourth-order valence-electron chi connectivity index (χ4n) is 4.21. The number of hydrogen-bond donors (Lipinski definition) is 1. The van der Waals surface area contributed by atoms with Gasteiger partial charge < -0.3 is 10.2 Å². The van der Waals surface area contributed by atoms with Gasteiger partial charge in [-0.2, -0.15) is 0 Å². The monoisotopic (exact) mass is 553 g/mol. The highest BCUT2D eigenvalue weighted by Gasteiger charge is 2.33. The topological polar surface area (TPSA) is 86.8 Å². The Labute approximate surface area is 230 Å². The van der Waals surface area contributed by atoms with E-state index >= 15 is 0 Å². The number of anilines is 1. The normalized spacial score (nSPS) is 12.2. The van der Waals surface area contributed by atoms with Gasteiger partial charge >= 0.3 is 0 Å². The predicted molar refractivity (Wildman–Crippen MR) is 151 cm³/mol. The average molecular weight is 554 g/mol. The predicted octanol–water partition coefficient (Wildman–Crippen LogP) is 4.91. The Kier molecular flexibility index (Phi) is 10.2. The van der Waals surface area contributed by atoms with Crippen molar-refractivity contribution in [2.75, 3.05) is 17.4 Å². The highest BCUT2D eigenvalue weighted by atomic mass is 32.2. The van der Waals surface area contributed by atoms with Gasteiger partial charge in [0.1, 0.15) is 18.4 Å². The molecule has 7 nitrogen and oxygen atoms in total. The summed E-state index contributed by atoms with van der Waals surface area (Å²) in [4.78, 5) is 28.6. The first-order valence-electron chi connectivity index (χ1n) is 13.0. The van der Waals surface area contributed by atoms with Crippen LogP contribution in [0.25, 0.3) is 0 Å². The van der Waals surface area contributed by atoms with E-state index < -0.39 is 34.3 Å². The summed E-state index contributed by atoms with van der Waals surface area (Å²) in [5, 5.41) is 2.91. The van der Waals surface area contributed by atoms with Crippen molar-refractivity contribution < 1.29 is 22.4 Å². The summed E-state index contributed by atoms with van der Waals surface area (Å²) in [6.45, 7) is 7.71. The van der Waals surface area contributed by atoms with Crippen LogP contribution in [0.4, 0.5) is 10.1 Å². The number of amides is 2. The van der Waals surface area contributed by atoms with Gasteiger partial charge in [0.15, 0.2) is 0 Å². The minimum absolute atomic E-state index is 0.00548. The van der Waals surface area contributed by atoms with Crippen LogP contribution in [-0.4, -0.2) is 44.3 Å². The van der Waals surface area contributed by atoms with Gasteiger partial charge in [0.05, 0.1) is 10.6 Å². The summed E-state index contributed by atoms with van der Waals surface area (Å²) < 4.78 is 42.1. The number of aryl methyl sites for hydroxylation is 1. The van der Waals surface area contributed by atoms with Gasteiger partial charge in [0, 0.05) is 13.1 Å². The molecule has 0 saturated carbocycles. The Hall–Kier alpha value is -3.72. The first-order valence-corrected chi connectivity index (χ1v) is 14.4. The molecule has 0 bridgehead atoms. The molecule has 3 rings (SSSR count). The summed E-state index contributed by atoms with van der Waals surface area (Å²) in [5.74, 6) is -1.16. The van der Waals surface area contributed by atoms with Crippen molar-refractivity contribution in [3.05, 3.63) is 95.8 Å². The van der Waals surface area contributed by atoms with Gasteiger partial charge in [-0.25, -0.2) is 12.8 Å². The molecule has 2 amide bonds. The number of hydrogen-bond acceptors (Lipinski definition) is 4. The van der Waals surface area contributed by atoms with Crippen LogP contribution in [0.3, 0.4) is 0 Å². The van der Waals surface area contributed by atoms with Crippen LogP contribution in [0.5, 0.6) is 0 Å². The maximum absolute atomic E-state index is 14.0. The molecule has 0 fully saturated rings. The van der Waals surface area contributed by atoms with E-state index in [1.807, 2.05) is 52.0 Å². The van der Waals surface area contributed by atoms with Crippen molar-refractivity contribution in [3.63, 3.8) is 0 Å². The van der Waals surface area contributed by atoms with E-state index in [9.17, 15) is 22.4 Å². The largest absolute Gasteiger partial charge is 0.354 e. The number of carbonyl (C=O) groups is 2. The van der Waals surface area contributed by atoms with Crippen LogP contribution in [0.1, 0.15) is 38.3 Å². The number of halogens is 1. The second kappa shape index (κ2) is 13.4. The Morgan fingerprint density at radius 1 is 0.949 bits per heavy atom. The number of sulfonamides is 1. The molecule has 0 aromatic heterocycles. The summed E-state index contributed by atoms with van der Waals surface area (Å²) in [7, 11) is -4.19. The Balaban J connectivity index is 2.03. The van der Waals surface area contributed by atoms with Crippen LogP contribution in [-0.2, 0) is 26.2 Å². The van der Waals surface area contributed by atoms with Crippen molar-refractivity contribution in [3.8, 4) is 0 Å². The standard InChI is InChI=1S/C30H36FN3O4S/c1-5-28(30(36)32-19-22(2)3)33(20-24-11-9-10-23(4)18-24)29(35)21-34(26-16-14-25(31)15-17-26)39(37,38)27-12-7-6-8-13-27/h6-18,22,28H,5,19-21H2,1-4H3,(H,32,36)/t28-/m1/s1. The van der Waals surface area contributed by atoms with E-state index in [2.05, 4.69) is 5.32 Å². The Morgan fingerprint density at radius 2 is 1.62 bits per heavy atom. The molecule has 0 saturated heterocycles. The molecule has 39 heavy (non-hydrogen) atoms. The van der Waals surface area contributed by atoms with Gasteiger partial charge in [0.2, 0.25) is 11.8 Å². The fraction of sp³-hybridized carbons (Fsp3) is 0.333. The molecular weight excluding hydrogens is 517 g/mol. The molecule has 0 radical (unpaired) electrons. The number of nitrogens with zero attached hydrogens (tertiary/aromatic N) is 2. The minimum atomic E-state index is -4.19. The molecule has 1 N–H and O–H groups in total. The SMILES string of the molecule is CC[C@H](C(=O)NCC(C)C)N(Cc1cccc(C)c1)C(=O)CN(c1ccc(F)cc1)S(=O)(=O)c1ccccc1. The van der Waals surface area contributed by atoms with Gasteiger partial charge in [0.25, 0.3) is 10.0 Å². The van der Waals surface area contributed by atoms with Crippen molar-refractivity contribution in [2.24, 2.45) is 5.92 Å². The molecule has 3 aromatic carbocycles. The number of rotatable bonds is 12. The molecular formula is C30H36FN3O4S. The van der Waals surface area contributed by atoms with Crippen LogP contribution in [0, 0.1) is 18.7 Å². The third kappa shape index (κ3) is 7.89. The maximum atomic E-state index is 14.0. The van der Waals surface area contributed by atoms with E-state index in [0.29, 0.717) is 13.0 Å². The van der Waals surface area contributed by atoms with Crippen molar-refractivity contribution in [1.29, 1.82) is 0 Å². The third-order valence-electron chi connectivity index (χ3n) is 6.23. The molecule has 1 atom stereocenters. The zero-order valence-corrected chi connectivity index (χ0v) is 23.6. The van der Waals surface area contributed by atoms with Crippen LogP contribution < -0.4 is 9.62 Å². The molecule has 0 unspecified atom stereocenters. The van der Waals surface area contributed by atoms with Gasteiger partial charge in [-0.1, -0.05) is 68.8 Å². The molecule has 0 aliphatic carbocycles. The average Bonchev–Trinajstić information content (AvgIpc) is 2.91. The molecule has 0 heterocycles. The zero-order chi connectivity index (χ0) is 28.6. The zero-order valence-electron chi connectivity index (χ0n) is 22.8. The summed E-state index contributed by atoms with van der Waals surface area (Å²) in [5.41, 5.74) is 1.95. The quantitative estimate of drug-likeness (QED) is 0.345. The van der Waals surface area contributed by atoms with E-state index in [1.54, 1.807) is 18.2 Å². The first-order chi connectivity index (χ1) is 18.5. The number of benzene rings is 3. The van der Waals surface area contributed by atoms with E-state index in [4.69, 9.17) is 0 Å². The van der Waals surface area contributed by atoms with Crippen LogP contribution in [0.2, 0.25) is 0 Å². The summed E-state index contributed by atoms with van der Waals surface area (Å²) >= 11 is 0. The second-order valence-corrected chi connectivity index (χ2v) is 11.7. The Bertz CT molecular complexity index is 1360. The van der Waals surface area contributed by atoms with Crippen LogP contribution in [0.15, 0.2) is 83.8 Å². The summed E-state index contributed by atoms with van der Waals surface area (Å²) in [6.07, 6.45) is 0.337. The molecule has 9 heteroatoms. The van der Waals surface area contributed by atoms with Gasteiger partial charge in [-0.05, 0) is 61.2 Å². The third-order valence-corrected chi connectivity index (χ3v) is 8.02. The maximum Gasteiger partial charge on any atom is 0.264 e. The second-order valence-electron chi connectivity index (χ2n) is 9.87. The van der Waals surface area contributed by atoms with Crippen LogP contribution >= 0.6 is 0 Å². The van der Waals surface area contributed by atoms with Crippen molar-refractivity contribution in [2.45, 2.75) is 51.6 Å².